The van der Waals surface area contributed by atoms with Crippen molar-refractivity contribution in [1.82, 2.24) is 4.98 Å². The van der Waals surface area contributed by atoms with Crippen LogP contribution in [0.4, 0.5) is 4.39 Å². The fraction of sp³-hybridized carbons (Fsp3) is 0.217. The summed E-state index contributed by atoms with van der Waals surface area (Å²) in [5, 5.41) is -0.125. The second-order valence-corrected chi connectivity index (χ2v) is 7.40. The summed E-state index contributed by atoms with van der Waals surface area (Å²) in [6.45, 7) is 3.74. The Morgan fingerprint density at radius 1 is 1.16 bits per heavy atom. The van der Waals surface area contributed by atoms with Crippen molar-refractivity contribution in [2.45, 2.75) is 27.0 Å². The van der Waals surface area contributed by atoms with Crippen LogP contribution in [0.15, 0.2) is 41.2 Å². The molecular formula is C23H22ClFN2O4. The van der Waals surface area contributed by atoms with Crippen LogP contribution in [0.1, 0.15) is 32.7 Å². The number of aromatic amines is 1. The number of H-pyrrole nitrogens is 1. The first-order valence-corrected chi connectivity index (χ1v) is 9.86. The lowest BCUT2D eigenvalue weighted by Crippen LogP contribution is -2.14. The summed E-state index contributed by atoms with van der Waals surface area (Å²) >= 11 is 6.32. The number of benzene rings is 2. The van der Waals surface area contributed by atoms with Crippen molar-refractivity contribution in [1.29, 1.82) is 0 Å². The Kier molecular flexibility index (Phi) is 6.77. The lowest BCUT2D eigenvalue weighted by molar-refractivity contribution is 0.0600. The molecule has 162 valence electrons. The van der Waals surface area contributed by atoms with Crippen LogP contribution < -0.4 is 16.0 Å². The summed E-state index contributed by atoms with van der Waals surface area (Å²) in [5.74, 6) is -0.721. The first kappa shape index (κ1) is 22.5. The van der Waals surface area contributed by atoms with Gasteiger partial charge in [0.15, 0.2) is 5.75 Å². The molecule has 0 radical (unpaired) electrons. The Bertz CT molecular complexity index is 1210. The summed E-state index contributed by atoms with van der Waals surface area (Å²) < 4.78 is 24.3. The molecule has 0 atom stereocenters. The van der Waals surface area contributed by atoms with Crippen LogP contribution in [0, 0.1) is 19.7 Å². The van der Waals surface area contributed by atoms with Crippen LogP contribution in [0.3, 0.4) is 0 Å². The molecule has 3 aromatic rings. The van der Waals surface area contributed by atoms with E-state index in [1.165, 1.54) is 19.2 Å². The molecule has 1 heterocycles. The number of aromatic nitrogens is 1. The van der Waals surface area contributed by atoms with E-state index < -0.39 is 17.3 Å². The summed E-state index contributed by atoms with van der Waals surface area (Å²) in [5.41, 5.74) is 9.39. The van der Waals surface area contributed by atoms with E-state index in [1.807, 2.05) is 6.92 Å². The van der Waals surface area contributed by atoms with Crippen molar-refractivity contribution in [2.24, 2.45) is 5.73 Å². The van der Waals surface area contributed by atoms with Crippen molar-refractivity contribution in [3.8, 4) is 16.9 Å². The Morgan fingerprint density at radius 2 is 1.90 bits per heavy atom. The van der Waals surface area contributed by atoms with Gasteiger partial charge in [0.2, 0.25) is 0 Å². The molecule has 0 saturated carbocycles. The molecule has 0 bridgehead atoms. The maximum Gasteiger partial charge on any atom is 0.337 e. The van der Waals surface area contributed by atoms with Crippen molar-refractivity contribution < 1.29 is 18.7 Å². The molecule has 0 aliphatic carbocycles. The summed E-state index contributed by atoms with van der Waals surface area (Å²) in [6, 6.07) is 9.32. The number of hydrogen-bond donors (Lipinski definition) is 2. The summed E-state index contributed by atoms with van der Waals surface area (Å²) in [4.78, 5) is 27.1. The molecule has 0 fully saturated rings. The summed E-state index contributed by atoms with van der Waals surface area (Å²) in [6.07, 6.45) is 0. The zero-order chi connectivity index (χ0) is 22.7. The van der Waals surface area contributed by atoms with Gasteiger partial charge in [-0.2, -0.15) is 0 Å². The maximum absolute atomic E-state index is 13.5. The van der Waals surface area contributed by atoms with Crippen molar-refractivity contribution in [2.75, 3.05) is 7.11 Å². The van der Waals surface area contributed by atoms with Crippen LogP contribution in [-0.2, 0) is 17.9 Å². The number of ether oxygens (including phenoxy) is 2. The van der Waals surface area contributed by atoms with Crippen LogP contribution >= 0.6 is 11.6 Å². The average molecular weight is 445 g/mol. The number of methoxy groups -OCH3 is 1. The van der Waals surface area contributed by atoms with E-state index in [9.17, 15) is 14.0 Å². The second kappa shape index (κ2) is 9.32. The standard InChI is InChI=1S/C23H22ClFN2O4/c1-12-4-5-14(23(29)30-3)9-18(12)19-13(2)27-22(28)20(24)21(19)31-11-15-6-7-17(25)8-16(15)10-26/h4-9H,10-11,26H2,1-3H3,(H,27,28). The van der Waals surface area contributed by atoms with Crippen LogP contribution in [0.2, 0.25) is 5.02 Å². The zero-order valence-electron chi connectivity index (χ0n) is 17.3. The van der Waals surface area contributed by atoms with Gasteiger partial charge in [0.25, 0.3) is 5.56 Å². The molecule has 3 N–H and O–H groups in total. The number of nitrogens with one attached hydrogen (secondary N) is 1. The minimum atomic E-state index is -0.502. The van der Waals surface area contributed by atoms with Gasteiger partial charge in [0.1, 0.15) is 17.4 Å². The fourth-order valence-corrected chi connectivity index (χ4v) is 3.54. The van der Waals surface area contributed by atoms with Crippen molar-refractivity contribution in [3.63, 3.8) is 0 Å². The lowest BCUT2D eigenvalue weighted by Gasteiger charge is -2.18. The largest absolute Gasteiger partial charge is 0.486 e. The van der Waals surface area contributed by atoms with E-state index in [2.05, 4.69) is 4.98 Å². The molecule has 0 aliphatic heterocycles. The van der Waals surface area contributed by atoms with Crippen LogP contribution in [0.25, 0.3) is 11.1 Å². The van der Waals surface area contributed by atoms with Gasteiger partial charge in [-0.1, -0.05) is 23.7 Å². The number of carbonyl (C=O) groups is 1. The topological polar surface area (TPSA) is 94.4 Å². The smallest absolute Gasteiger partial charge is 0.337 e. The van der Waals surface area contributed by atoms with Gasteiger partial charge in [0, 0.05) is 17.8 Å². The van der Waals surface area contributed by atoms with Gasteiger partial charge in [0.05, 0.1) is 12.7 Å². The number of aryl methyl sites for hydroxylation is 2. The van der Waals surface area contributed by atoms with E-state index in [4.69, 9.17) is 26.8 Å². The van der Waals surface area contributed by atoms with Gasteiger partial charge < -0.3 is 20.2 Å². The van der Waals surface area contributed by atoms with E-state index in [0.29, 0.717) is 33.5 Å². The van der Waals surface area contributed by atoms with Gasteiger partial charge in [-0.3, -0.25) is 4.79 Å². The number of carbonyl (C=O) groups excluding carboxylic acids is 1. The minimum Gasteiger partial charge on any atom is -0.486 e. The Hall–Kier alpha value is -3.16. The molecule has 0 aliphatic rings. The highest BCUT2D eigenvalue weighted by molar-refractivity contribution is 6.32. The predicted molar refractivity (Wildman–Crippen MR) is 117 cm³/mol. The van der Waals surface area contributed by atoms with Crippen molar-refractivity contribution >= 4 is 17.6 Å². The highest BCUT2D eigenvalue weighted by Crippen LogP contribution is 2.38. The second-order valence-electron chi connectivity index (χ2n) is 7.02. The maximum atomic E-state index is 13.5. The van der Waals surface area contributed by atoms with E-state index in [-0.39, 0.29) is 23.9 Å². The number of rotatable bonds is 6. The third kappa shape index (κ3) is 4.62. The summed E-state index contributed by atoms with van der Waals surface area (Å²) in [7, 11) is 1.30. The third-order valence-electron chi connectivity index (χ3n) is 4.99. The monoisotopic (exact) mass is 444 g/mol. The molecule has 8 heteroatoms. The average Bonchev–Trinajstić information content (AvgIpc) is 2.75. The van der Waals surface area contributed by atoms with Crippen LogP contribution in [-0.4, -0.2) is 18.1 Å². The first-order valence-electron chi connectivity index (χ1n) is 9.48. The number of nitrogens with two attached hydrogens (primary N) is 1. The normalized spacial score (nSPS) is 10.8. The molecule has 1 aromatic heterocycles. The van der Waals surface area contributed by atoms with E-state index >= 15 is 0 Å². The molecule has 31 heavy (non-hydrogen) atoms. The van der Waals surface area contributed by atoms with Gasteiger partial charge in [-0.25, -0.2) is 9.18 Å². The third-order valence-corrected chi connectivity index (χ3v) is 5.33. The quantitative estimate of drug-likeness (QED) is 0.553. The molecule has 2 aromatic carbocycles. The van der Waals surface area contributed by atoms with E-state index in [0.717, 1.165) is 5.56 Å². The molecule has 0 spiro atoms. The Balaban J connectivity index is 2.13. The number of halogens is 2. The highest BCUT2D eigenvalue weighted by atomic mass is 35.5. The molecule has 0 amide bonds. The molecule has 0 saturated heterocycles. The lowest BCUT2D eigenvalue weighted by atomic mass is 9.96. The van der Waals surface area contributed by atoms with Gasteiger partial charge >= 0.3 is 5.97 Å². The van der Waals surface area contributed by atoms with Crippen molar-refractivity contribution in [3.05, 3.63) is 85.5 Å². The molecule has 3 rings (SSSR count). The molecule has 6 nitrogen and oxygen atoms in total. The Labute approximate surface area is 183 Å². The number of esters is 1. The van der Waals surface area contributed by atoms with Crippen LogP contribution in [0.5, 0.6) is 5.75 Å². The predicted octanol–water partition coefficient (Wildman–Crippen LogP) is 4.28. The fourth-order valence-electron chi connectivity index (χ4n) is 3.34. The van der Waals surface area contributed by atoms with Gasteiger partial charge in [-0.05, 0) is 60.4 Å². The Morgan fingerprint density at radius 3 is 2.58 bits per heavy atom. The number of hydrogen-bond acceptors (Lipinski definition) is 5. The minimum absolute atomic E-state index is 0.0260. The van der Waals surface area contributed by atoms with E-state index in [1.54, 1.807) is 31.2 Å². The zero-order valence-corrected chi connectivity index (χ0v) is 18.1. The number of pyridine rings is 1. The van der Waals surface area contributed by atoms with Gasteiger partial charge in [-0.15, -0.1) is 0 Å². The molecule has 0 unspecified atom stereocenters. The first-order chi connectivity index (χ1) is 14.8. The highest BCUT2D eigenvalue weighted by Gasteiger charge is 2.21. The SMILES string of the molecule is COC(=O)c1ccc(C)c(-c2c(C)[nH]c(=O)c(Cl)c2OCc2ccc(F)cc2CN)c1. The molecular weight excluding hydrogens is 423 g/mol.